The number of guanidine groups is 1. The average molecular weight is 429 g/mol. The fraction of sp³-hybridized carbons (Fsp3) is 0.611. The smallest absolute Gasteiger partial charge is 0.193 e. The normalized spacial score (nSPS) is 24.6. The zero-order valence-corrected chi connectivity index (χ0v) is 16.2. The van der Waals surface area contributed by atoms with Crippen LogP contribution < -0.4 is 5.32 Å². The SMILES string of the molecule is CN=C(NCC1CCCO1)N1CCC(Cc2ccccc2)C1.I. The van der Waals surface area contributed by atoms with Crippen molar-refractivity contribution in [2.45, 2.75) is 31.8 Å². The van der Waals surface area contributed by atoms with Gasteiger partial charge in [-0.1, -0.05) is 30.3 Å². The molecular weight excluding hydrogens is 401 g/mol. The predicted molar refractivity (Wildman–Crippen MR) is 106 cm³/mol. The molecule has 0 aromatic heterocycles. The molecule has 1 aromatic rings. The summed E-state index contributed by atoms with van der Waals surface area (Å²) in [5.74, 6) is 1.76. The van der Waals surface area contributed by atoms with Gasteiger partial charge in [-0.25, -0.2) is 0 Å². The first-order chi connectivity index (χ1) is 10.8. The maximum absolute atomic E-state index is 5.67. The second kappa shape index (κ2) is 9.47. The molecule has 2 heterocycles. The molecule has 0 saturated carbocycles. The minimum atomic E-state index is 0. The van der Waals surface area contributed by atoms with E-state index in [4.69, 9.17) is 4.74 Å². The summed E-state index contributed by atoms with van der Waals surface area (Å²) in [7, 11) is 1.88. The number of aliphatic imine (C=N–C) groups is 1. The minimum Gasteiger partial charge on any atom is -0.376 e. The number of halogens is 1. The first-order valence-corrected chi connectivity index (χ1v) is 8.46. The van der Waals surface area contributed by atoms with Gasteiger partial charge in [0.1, 0.15) is 0 Å². The molecule has 23 heavy (non-hydrogen) atoms. The fourth-order valence-corrected chi connectivity index (χ4v) is 3.48. The molecular formula is C18H28IN3O. The van der Waals surface area contributed by atoms with Gasteiger partial charge in [-0.05, 0) is 37.2 Å². The molecule has 2 unspecified atom stereocenters. The van der Waals surface area contributed by atoms with Crippen molar-refractivity contribution in [3.05, 3.63) is 35.9 Å². The van der Waals surface area contributed by atoms with Gasteiger partial charge >= 0.3 is 0 Å². The van der Waals surface area contributed by atoms with E-state index < -0.39 is 0 Å². The Morgan fingerprint density at radius 2 is 2.13 bits per heavy atom. The molecule has 5 heteroatoms. The standard InChI is InChI=1S/C18H27N3O.HI/c1-19-18(20-13-17-8-5-11-22-17)21-10-9-16(14-21)12-15-6-3-2-4-7-15;/h2-4,6-7,16-17H,5,8-14H2,1H3,(H,19,20);1H. The topological polar surface area (TPSA) is 36.9 Å². The molecule has 3 rings (SSSR count). The van der Waals surface area contributed by atoms with Crippen molar-refractivity contribution in [1.29, 1.82) is 0 Å². The van der Waals surface area contributed by atoms with Crippen molar-refractivity contribution in [1.82, 2.24) is 10.2 Å². The van der Waals surface area contributed by atoms with Crippen LogP contribution in [-0.2, 0) is 11.2 Å². The van der Waals surface area contributed by atoms with E-state index in [2.05, 4.69) is 45.5 Å². The predicted octanol–water partition coefficient (Wildman–Crippen LogP) is 2.92. The Balaban J connectivity index is 0.00000192. The van der Waals surface area contributed by atoms with Crippen LogP contribution in [0.25, 0.3) is 0 Å². The van der Waals surface area contributed by atoms with Gasteiger partial charge in [-0.2, -0.15) is 0 Å². The van der Waals surface area contributed by atoms with Crippen LogP contribution in [0.4, 0.5) is 0 Å². The van der Waals surface area contributed by atoms with Crippen molar-refractivity contribution in [3.63, 3.8) is 0 Å². The molecule has 0 spiro atoms. The number of nitrogens with zero attached hydrogens (tertiary/aromatic N) is 2. The second-order valence-corrected chi connectivity index (χ2v) is 6.35. The van der Waals surface area contributed by atoms with Crippen LogP contribution in [0.5, 0.6) is 0 Å². The molecule has 2 atom stereocenters. The summed E-state index contributed by atoms with van der Waals surface area (Å²) in [6.07, 6.45) is 5.13. The van der Waals surface area contributed by atoms with E-state index in [0.29, 0.717) is 6.10 Å². The van der Waals surface area contributed by atoms with E-state index in [-0.39, 0.29) is 24.0 Å². The minimum absolute atomic E-state index is 0. The van der Waals surface area contributed by atoms with Crippen molar-refractivity contribution in [3.8, 4) is 0 Å². The number of rotatable bonds is 4. The monoisotopic (exact) mass is 429 g/mol. The van der Waals surface area contributed by atoms with Gasteiger partial charge in [0, 0.05) is 33.3 Å². The molecule has 2 fully saturated rings. The lowest BCUT2D eigenvalue weighted by atomic mass is 9.99. The highest BCUT2D eigenvalue weighted by Gasteiger charge is 2.25. The Hall–Kier alpha value is -0.820. The van der Waals surface area contributed by atoms with Crippen LogP contribution in [0.1, 0.15) is 24.8 Å². The highest BCUT2D eigenvalue weighted by molar-refractivity contribution is 14.0. The third-order valence-electron chi connectivity index (χ3n) is 4.68. The lowest BCUT2D eigenvalue weighted by molar-refractivity contribution is 0.113. The molecule has 2 aliphatic rings. The molecule has 2 aliphatic heterocycles. The Morgan fingerprint density at radius 3 is 2.83 bits per heavy atom. The first-order valence-electron chi connectivity index (χ1n) is 8.46. The van der Waals surface area contributed by atoms with Gasteiger partial charge in [-0.3, -0.25) is 4.99 Å². The molecule has 0 amide bonds. The molecule has 0 radical (unpaired) electrons. The van der Waals surface area contributed by atoms with Gasteiger partial charge in [0.15, 0.2) is 5.96 Å². The maximum Gasteiger partial charge on any atom is 0.193 e. The lowest BCUT2D eigenvalue weighted by Crippen LogP contribution is -2.43. The summed E-state index contributed by atoms with van der Waals surface area (Å²) in [5, 5.41) is 3.49. The molecule has 128 valence electrons. The number of likely N-dealkylation sites (tertiary alicyclic amines) is 1. The number of benzene rings is 1. The van der Waals surface area contributed by atoms with Crippen LogP contribution in [-0.4, -0.2) is 50.3 Å². The number of nitrogens with one attached hydrogen (secondary N) is 1. The first kappa shape index (κ1) is 18.5. The van der Waals surface area contributed by atoms with Crippen molar-refractivity contribution >= 4 is 29.9 Å². The molecule has 0 bridgehead atoms. The number of hydrogen-bond donors (Lipinski definition) is 1. The highest BCUT2D eigenvalue weighted by Crippen LogP contribution is 2.21. The molecule has 1 N–H and O–H groups in total. The van der Waals surface area contributed by atoms with Gasteiger partial charge < -0.3 is 15.0 Å². The number of ether oxygens (including phenoxy) is 1. The molecule has 0 aliphatic carbocycles. The van der Waals surface area contributed by atoms with E-state index in [1.165, 1.54) is 31.2 Å². The fourth-order valence-electron chi connectivity index (χ4n) is 3.48. The lowest BCUT2D eigenvalue weighted by Gasteiger charge is -2.23. The molecule has 2 saturated heterocycles. The van der Waals surface area contributed by atoms with Gasteiger partial charge in [-0.15, -0.1) is 24.0 Å². The van der Waals surface area contributed by atoms with E-state index in [0.717, 1.165) is 38.1 Å². The molecule has 1 aromatic carbocycles. The van der Waals surface area contributed by atoms with E-state index in [9.17, 15) is 0 Å². The summed E-state index contributed by atoms with van der Waals surface area (Å²) in [4.78, 5) is 6.84. The summed E-state index contributed by atoms with van der Waals surface area (Å²) in [5.41, 5.74) is 1.44. The third-order valence-corrected chi connectivity index (χ3v) is 4.68. The average Bonchev–Trinajstić information content (AvgIpc) is 3.21. The van der Waals surface area contributed by atoms with Crippen LogP contribution in [0.2, 0.25) is 0 Å². The van der Waals surface area contributed by atoms with Crippen LogP contribution >= 0.6 is 24.0 Å². The van der Waals surface area contributed by atoms with Crippen LogP contribution in [0.15, 0.2) is 35.3 Å². The zero-order chi connectivity index (χ0) is 15.2. The van der Waals surface area contributed by atoms with Crippen molar-refractivity contribution in [2.75, 3.05) is 33.3 Å². The van der Waals surface area contributed by atoms with Gasteiger partial charge in [0.05, 0.1) is 6.10 Å². The van der Waals surface area contributed by atoms with Gasteiger partial charge in [0.2, 0.25) is 0 Å². The number of hydrogen-bond acceptors (Lipinski definition) is 2. The molecule has 4 nitrogen and oxygen atoms in total. The van der Waals surface area contributed by atoms with E-state index in [1.54, 1.807) is 0 Å². The maximum atomic E-state index is 5.67. The van der Waals surface area contributed by atoms with Crippen LogP contribution in [0, 0.1) is 5.92 Å². The van der Waals surface area contributed by atoms with Crippen molar-refractivity contribution in [2.24, 2.45) is 10.9 Å². The second-order valence-electron chi connectivity index (χ2n) is 6.35. The van der Waals surface area contributed by atoms with Crippen molar-refractivity contribution < 1.29 is 4.74 Å². The van der Waals surface area contributed by atoms with Gasteiger partial charge in [0.25, 0.3) is 0 Å². The third kappa shape index (κ3) is 5.35. The summed E-state index contributed by atoms with van der Waals surface area (Å²) < 4.78 is 5.67. The van der Waals surface area contributed by atoms with E-state index >= 15 is 0 Å². The summed E-state index contributed by atoms with van der Waals surface area (Å²) in [6.45, 7) is 3.99. The Labute approximate surface area is 156 Å². The Kier molecular flexibility index (Phi) is 7.62. The summed E-state index contributed by atoms with van der Waals surface area (Å²) >= 11 is 0. The zero-order valence-electron chi connectivity index (χ0n) is 13.9. The van der Waals surface area contributed by atoms with Crippen LogP contribution in [0.3, 0.4) is 0 Å². The largest absolute Gasteiger partial charge is 0.376 e. The highest BCUT2D eigenvalue weighted by atomic mass is 127. The summed E-state index contributed by atoms with van der Waals surface area (Å²) in [6, 6.07) is 10.8. The Bertz CT molecular complexity index is 488. The van der Waals surface area contributed by atoms with E-state index in [1.807, 2.05) is 7.05 Å². The quantitative estimate of drug-likeness (QED) is 0.455. The Morgan fingerprint density at radius 1 is 1.30 bits per heavy atom.